The summed E-state index contributed by atoms with van der Waals surface area (Å²) >= 11 is 0. The molecule has 0 amide bonds. The van der Waals surface area contributed by atoms with Crippen molar-refractivity contribution in [1.29, 1.82) is 0 Å². The van der Waals surface area contributed by atoms with Crippen LogP contribution in [0.25, 0.3) is 0 Å². The van der Waals surface area contributed by atoms with Gasteiger partial charge in [0.25, 0.3) is 0 Å². The van der Waals surface area contributed by atoms with E-state index in [4.69, 9.17) is 10.7 Å². The van der Waals surface area contributed by atoms with Crippen molar-refractivity contribution in [3.63, 3.8) is 0 Å². The molecule has 0 spiro atoms. The number of benzene rings is 2. The molecule has 0 unspecified atom stereocenters. The minimum atomic E-state index is 0.288. The number of nitrogens with zero attached hydrogens (tertiary/aromatic N) is 7. The fourth-order valence-corrected chi connectivity index (χ4v) is 4.26. The monoisotopic (exact) mass is 416 g/mol. The van der Waals surface area contributed by atoms with Gasteiger partial charge in [-0.1, -0.05) is 36.4 Å². The number of piperazine rings is 2. The Bertz CT molecular complexity index is 903. The van der Waals surface area contributed by atoms with Gasteiger partial charge in [-0.05, 0) is 24.3 Å². The summed E-state index contributed by atoms with van der Waals surface area (Å²) in [4.78, 5) is 22.9. The lowest BCUT2D eigenvalue weighted by atomic mass is 10.2. The van der Waals surface area contributed by atoms with Crippen LogP contribution in [0.3, 0.4) is 0 Å². The lowest BCUT2D eigenvalue weighted by molar-refractivity contribution is 0.624. The van der Waals surface area contributed by atoms with E-state index in [9.17, 15) is 0 Å². The van der Waals surface area contributed by atoms with Crippen molar-refractivity contribution in [3.8, 4) is 0 Å². The van der Waals surface area contributed by atoms with Gasteiger partial charge in [-0.3, -0.25) is 0 Å². The first-order valence-electron chi connectivity index (χ1n) is 10.9. The Hall–Kier alpha value is -3.55. The zero-order valence-electron chi connectivity index (χ0n) is 17.6. The van der Waals surface area contributed by atoms with E-state index in [1.165, 1.54) is 11.4 Å². The smallest absolute Gasteiger partial charge is 0.232 e. The van der Waals surface area contributed by atoms with Crippen LogP contribution in [0.5, 0.6) is 0 Å². The highest BCUT2D eigenvalue weighted by Gasteiger charge is 2.24. The number of anilines is 5. The molecule has 2 aromatic carbocycles. The van der Waals surface area contributed by atoms with E-state index in [0.717, 1.165) is 52.4 Å². The van der Waals surface area contributed by atoms with E-state index in [2.05, 4.69) is 90.2 Å². The second-order valence-corrected chi connectivity index (χ2v) is 7.91. The fourth-order valence-electron chi connectivity index (χ4n) is 4.26. The molecule has 31 heavy (non-hydrogen) atoms. The van der Waals surface area contributed by atoms with E-state index in [1.54, 1.807) is 0 Å². The maximum atomic E-state index is 6.07. The Balaban J connectivity index is 1.24. The molecule has 0 aliphatic carbocycles. The van der Waals surface area contributed by atoms with Crippen molar-refractivity contribution in [2.75, 3.05) is 77.7 Å². The number of hydrogen-bond acceptors (Lipinski definition) is 8. The van der Waals surface area contributed by atoms with Crippen LogP contribution in [-0.4, -0.2) is 67.3 Å². The lowest BCUT2D eigenvalue weighted by Crippen LogP contribution is -2.48. The van der Waals surface area contributed by atoms with Gasteiger partial charge in [0.15, 0.2) is 0 Å². The summed E-state index contributed by atoms with van der Waals surface area (Å²) in [5, 5.41) is 0. The number of hydrogen-bond donors (Lipinski definition) is 1. The molecule has 2 aliphatic rings. The molecule has 160 valence electrons. The Morgan fingerprint density at radius 1 is 0.484 bits per heavy atom. The zero-order valence-corrected chi connectivity index (χ0v) is 17.6. The van der Waals surface area contributed by atoms with Crippen LogP contribution in [0.2, 0.25) is 0 Å². The van der Waals surface area contributed by atoms with Gasteiger partial charge in [0.1, 0.15) is 0 Å². The normalized spacial score (nSPS) is 17.2. The van der Waals surface area contributed by atoms with Gasteiger partial charge >= 0.3 is 0 Å². The molecule has 1 aromatic heterocycles. The topological polar surface area (TPSA) is 77.7 Å². The standard InChI is InChI=1S/C23H28N8/c24-21-25-22(30-15-11-28(12-16-30)19-7-3-1-4-8-19)27-23(26-21)31-17-13-29(14-18-31)20-9-5-2-6-10-20/h1-10H,11-18H2,(H2,24,25,26,27). The quantitative estimate of drug-likeness (QED) is 0.693. The van der Waals surface area contributed by atoms with Crippen LogP contribution in [-0.2, 0) is 0 Å². The summed E-state index contributed by atoms with van der Waals surface area (Å²) in [6, 6.07) is 21.1. The second kappa shape index (κ2) is 8.67. The predicted octanol–water partition coefficient (Wildman–Crippen LogP) is 2.11. The molecule has 0 atom stereocenters. The third-order valence-corrected chi connectivity index (χ3v) is 6.00. The van der Waals surface area contributed by atoms with Crippen LogP contribution in [0.1, 0.15) is 0 Å². The Labute approximate surface area is 182 Å². The molecule has 0 saturated carbocycles. The maximum absolute atomic E-state index is 6.07. The van der Waals surface area contributed by atoms with Crippen LogP contribution >= 0.6 is 0 Å². The summed E-state index contributed by atoms with van der Waals surface area (Å²) in [7, 11) is 0. The summed E-state index contributed by atoms with van der Waals surface area (Å²) < 4.78 is 0. The van der Waals surface area contributed by atoms with Gasteiger partial charge in [-0.25, -0.2) is 0 Å². The van der Waals surface area contributed by atoms with Gasteiger partial charge < -0.3 is 25.3 Å². The van der Waals surface area contributed by atoms with Crippen molar-refractivity contribution >= 4 is 29.2 Å². The van der Waals surface area contributed by atoms with Gasteiger partial charge in [0.2, 0.25) is 17.8 Å². The van der Waals surface area contributed by atoms with Crippen molar-refractivity contribution in [1.82, 2.24) is 15.0 Å². The highest BCUT2D eigenvalue weighted by Crippen LogP contribution is 2.22. The summed E-state index contributed by atoms with van der Waals surface area (Å²) in [6.07, 6.45) is 0. The van der Waals surface area contributed by atoms with E-state index in [0.29, 0.717) is 11.9 Å². The third-order valence-electron chi connectivity index (χ3n) is 6.00. The molecule has 3 aromatic rings. The van der Waals surface area contributed by atoms with Crippen LogP contribution in [0.4, 0.5) is 29.2 Å². The molecule has 0 bridgehead atoms. The van der Waals surface area contributed by atoms with Crippen molar-refractivity contribution in [3.05, 3.63) is 60.7 Å². The molecule has 8 nitrogen and oxygen atoms in total. The largest absolute Gasteiger partial charge is 0.368 e. The van der Waals surface area contributed by atoms with Crippen molar-refractivity contribution < 1.29 is 0 Å². The lowest BCUT2D eigenvalue weighted by Gasteiger charge is -2.37. The van der Waals surface area contributed by atoms with Gasteiger partial charge in [-0.2, -0.15) is 15.0 Å². The van der Waals surface area contributed by atoms with E-state index >= 15 is 0 Å². The first kappa shape index (κ1) is 19.4. The average molecular weight is 417 g/mol. The molecule has 2 N–H and O–H groups in total. The maximum Gasteiger partial charge on any atom is 0.232 e. The number of rotatable bonds is 4. The van der Waals surface area contributed by atoms with E-state index in [-0.39, 0.29) is 5.95 Å². The van der Waals surface area contributed by atoms with Crippen molar-refractivity contribution in [2.24, 2.45) is 0 Å². The molecule has 0 radical (unpaired) electrons. The number of aromatic nitrogens is 3. The molecule has 2 aliphatic heterocycles. The first-order valence-corrected chi connectivity index (χ1v) is 10.9. The molecule has 8 heteroatoms. The molecular formula is C23H28N8. The first-order chi connectivity index (χ1) is 15.3. The number of para-hydroxylation sites is 2. The fraction of sp³-hybridized carbons (Fsp3) is 0.348. The van der Waals surface area contributed by atoms with Crippen LogP contribution in [0, 0.1) is 0 Å². The SMILES string of the molecule is Nc1nc(N2CCN(c3ccccc3)CC2)nc(N2CCN(c3ccccc3)CC2)n1. The Morgan fingerprint density at radius 3 is 1.23 bits per heavy atom. The third kappa shape index (κ3) is 4.33. The minimum absolute atomic E-state index is 0.288. The highest BCUT2D eigenvalue weighted by atomic mass is 15.4. The van der Waals surface area contributed by atoms with Crippen LogP contribution < -0.4 is 25.3 Å². The average Bonchev–Trinajstić information content (AvgIpc) is 2.85. The molecule has 5 rings (SSSR count). The Morgan fingerprint density at radius 2 is 0.839 bits per heavy atom. The zero-order chi connectivity index (χ0) is 21.0. The summed E-state index contributed by atoms with van der Waals surface area (Å²) in [6.45, 7) is 7.17. The van der Waals surface area contributed by atoms with Gasteiger partial charge in [0.05, 0.1) is 0 Å². The molecule has 2 fully saturated rings. The highest BCUT2D eigenvalue weighted by molar-refractivity contribution is 5.51. The molecular weight excluding hydrogens is 388 g/mol. The molecule has 2 saturated heterocycles. The van der Waals surface area contributed by atoms with Crippen LogP contribution in [0.15, 0.2) is 60.7 Å². The Kier molecular flexibility index (Phi) is 5.43. The number of nitrogens with two attached hydrogens (primary N) is 1. The minimum Gasteiger partial charge on any atom is -0.368 e. The summed E-state index contributed by atoms with van der Waals surface area (Å²) in [5.74, 6) is 1.65. The van der Waals surface area contributed by atoms with Gasteiger partial charge in [0, 0.05) is 63.7 Å². The van der Waals surface area contributed by atoms with Gasteiger partial charge in [-0.15, -0.1) is 0 Å². The second-order valence-electron chi connectivity index (χ2n) is 7.91. The number of nitrogen functional groups attached to an aromatic ring is 1. The summed E-state index contributed by atoms with van der Waals surface area (Å²) in [5.41, 5.74) is 8.59. The van der Waals surface area contributed by atoms with Crippen molar-refractivity contribution in [2.45, 2.75) is 0 Å². The molecule has 3 heterocycles. The van der Waals surface area contributed by atoms with E-state index < -0.39 is 0 Å². The van der Waals surface area contributed by atoms with E-state index in [1.807, 2.05) is 0 Å². The predicted molar refractivity (Wildman–Crippen MR) is 126 cm³/mol.